The highest BCUT2D eigenvalue weighted by Crippen LogP contribution is 2.31. The average molecular weight is 199 g/mol. The second kappa shape index (κ2) is 3.29. The first-order valence-electron chi connectivity index (χ1n) is 4.02. The third kappa shape index (κ3) is 1.95. The lowest BCUT2D eigenvalue weighted by atomic mass is 10.5. The molecule has 0 radical (unpaired) electrons. The first kappa shape index (κ1) is 8.43. The molecule has 0 aromatic carbocycles. The van der Waals surface area contributed by atoms with Crippen molar-refractivity contribution in [3.63, 3.8) is 0 Å². The number of aromatic nitrogens is 2. The number of hydrogen-bond acceptors (Lipinski definition) is 5. The maximum atomic E-state index is 10.6. The predicted octanol–water partition coefficient (Wildman–Crippen LogP) is 0.591. The van der Waals surface area contributed by atoms with Gasteiger partial charge in [-0.25, -0.2) is 0 Å². The number of nitrogens with zero attached hydrogens (tertiary/aromatic N) is 3. The van der Waals surface area contributed by atoms with Crippen molar-refractivity contribution in [2.24, 2.45) is 0 Å². The Hall–Kier alpha value is -1.17. The van der Waals surface area contributed by atoms with Gasteiger partial charge in [0, 0.05) is 6.04 Å². The molecule has 1 aliphatic carbocycles. The molecular weight excluding hydrogens is 190 g/mol. The molecule has 0 unspecified atom stereocenters. The molecule has 0 atom stereocenters. The van der Waals surface area contributed by atoms with E-state index in [1.165, 1.54) is 11.3 Å². The predicted molar refractivity (Wildman–Crippen MR) is 47.9 cm³/mol. The van der Waals surface area contributed by atoms with Gasteiger partial charge in [-0.2, -0.15) is 0 Å². The summed E-state index contributed by atoms with van der Waals surface area (Å²) in [6, 6.07) is 0.365. The first-order chi connectivity index (χ1) is 6.27. The quantitative estimate of drug-likeness (QED) is 0.768. The Balaban J connectivity index is 2.09. The molecule has 2 rings (SSSR count). The molecule has 0 amide bonds. The Morgan fingerprint density at radius 1 is 1.77 bits per heavy atom. The van der Waals surface area contributed by atoms with Crippen LogP contribution in [-0.4, -0.2) is 33.9 Å². The van der Waals surface area contributed by atoms with E-state index in [0.29, 0.717) is 11.2 Å². The Labute approximate surface area is 79.0 Å². The van der Waals surface area contributed by atoms with Crippen LogP contribution in [0, 0.1) is 0 Å². The molecule has 1 heterocycles. The minimum atomic E-state index is -0.817. The second-order valence-corrected chi connectivity index (χ2v) is 3.79. The van der Waals surface area contributed by atoms with E-state index in [9.17, 15) is 4.79 Å². The van der Waals surface area contributed by atoms with Crippen LogP contribution in [0.3, 0.4) is 0 Å². The largest absolute Gasteiger partial charge is 0.480 e. The molecule has 0 aliphatic heterocycles. The van der Waals surface area contributed by atoms with Crippen molar-refractivity contribution in [1.29, 1.82) is 0 Å². The number of hydrogen-bond donors (Lipinski definition) is 1. The van der Waals surface area contributed by atoms with Crippen molar-refractivity contribution < 1.29 is 9.90 Å². The molecule has 0 spiro atoms. The Kier molecular flexibility index (Phi) is 2.13. The summed E-state index contributed by atoms with van der Waals surface area (Å²) in [5, 5.41) is 16.9. The monoisotopic (exact) mass is 199 g/mol. The zero-order chi connectivity index (χ0) is 9.26. The smallest absolute Gasteiger partial charge is 0.323 e. The zero-order valence-corrected chi connectivity index (χ0v) is 7.70. The van der Waals surface area contributed by atoms with Gasteiger partial charge in [0.1, 0.15) is 12.1 Å². The van der Waals surface area contributed by atoms with Gasteiger partial charge in [0.2, 0.25) is 5.13 Å². The summed E-state index contributed by atoms with van der Waals surface area (Å²) in [6.07, 6.45) is 2.12. The maximum absolute atomic E-state index is 10.6. The van der Waals surface area contributed by atoms with E-state index in [1.807, 2.05) is 0 Å². The average Bonchev–Trinajstić information content (AvgIpc) is 2.77. The molecule has 1 aliphatic rings. The summed E-state index contributed by atoms with van der Waals surface area (Å²) in [4.78, 5) is 12.4. The lowest BCUT2D eigenvalue weighted by Gasteiger charge is -2.17. The van der Waals surface area contributed by atoms with E-state index in [1.54, 1.807) is 10.4 Å². The number of aliphatic carboxylic acids is 1. The standard InChI is InChI=1S/C7H9N3O2S/c11-6(12)3-10(5-1-2-5)7-9-8-4-13-7/h4-5H,1-3H2,(H,11,12). The minimum Gasteiger partial charge on any atom is -0.480 e. The van der Waals surface area contributed by atoms with E-state index in [-0.39, 0.29) is 6.54 Å². The van der Waals surface area contributed by atoms with Gasteiger partial charge in [-0.15, -0.1) is 10.2 Å². The van der Waals surface area contributed by atoms with Gasteiger partial charge in [0.05, 0.1) is 0 Å². The van der Waals surface area contributed by atoms with Crippen LogP contribution < -0.4 is 4.90 Å². The van der Waals surface area contributed by atoms with E-state index < -0.39 is 5.97 Å². The van der Waals surface area contributed by atoms with Crippen LogP contribution in [0.4, 0.5) is 5.13 Å². The van der Waals surface area contributed by atoms with E-state index in [2.05, 4.69) is 10.2 Å². The highest BCUT2D eigenvalue weighted by atomic mass is 32.1. The summed E-state index contributed by atoms with van der Waals surface area (Å²) < 4.78 is 0. The van der Waals surface area contributed by atoms with Crippen LogP contribution >= 0.6 is 11.3 Å². The molecule has 1 N–H and O–H groups in total. The van der Waals surface area contributed by atoms with Crippen molar-refractivity contribution in [3.8, 4) is 0 Å². The minimum absolute atomic E-state index is 0.0276. The number of rotatable bonds is 4. The van der Waals surface area contributed by atoms with Crippen molar-refractivity contribution in [2.45, 2.75) is 18.9 Å². The molecule has 70 valence electrons. The molecule has 1 fully saturated rings. The van der Waals surface area contributed by atoms with Crippen LogP contribution in [0.5, 0.6) is 0 Å². The van der Waals surface area contributed by atoms with Gasteiger partial charge in [-0.3, -0.25) is 4.79 Å². The van der Waals surface area contributed by atoms with Gasteiger partial charge >= 0.3 is 5.97 Å². The Bertz CT molecular complexity index is 297. The maximum Gasteiger partial charge on any atom is 0.323 e. The van der Waals surface area contributed by atoms with Gasteiger partial charge in [-0.1, -0.05) is 11.3 Å². The SMILES string of the molecule is O=C(O)CN(c1nncs1)C1CC1. The number of carboxylic acids is 1. The highest BCUT2D eigenvalue weighted by Gasteiger charge is 2.32. The fourth-order valence-corrected chi connectivity index (χ4v) is 1.81. The van der Waals surface area contributed by atoms with Gasteiger partial charge in [-0.05, 0) is 12.8 Å². The van der Waals surface area contributed by atoms with Crippen LogP contribution in [0.15, 0.2) is 5.51 Å². The summed E-state index contributed by atoms with van der Waals surface area (Å²) >= 11 is 1.38. The van der Waals surface area contributed by atoms with Crippen molar-refractivity contribution in [2.75, 3.05) is 11.4 Å². The molecule has 5 nitrogen and oxygen atoms in total. The molecule has 1 saturated carbocycles. The lowest BCUT2D eigenvalue weighted by molar-refractivity contribution is -0.135. The van der Waals surface area contributed by atoms with Crippen LogP contribution in [-0.2, 0) is 4.79 Å². The third-order valence-electron chi connectivity index (χ3n) is 1.89. The topological polar surface area (TPSA) is 66.3 Å². The fourth-order valence-electron chi connectivity index (χ4n) is 1.18. The normalized spacial score (nSPS) is 15.7. The highest BCUT2D eigenvalue weighted by molar-refractivity contribution is 7.13. The summed E-state index contributed by atoms with van der Waals surface area (Å²) in [5.41, 5.74) is 1.62. The lowest BCUT2D eigenvalue weighted by Crippen LogP contribution is -2.31. The van der Waals surface area contributed by atoms with Gasteiger partial charge in [0.25, 0.3) is 0 Å². The summed E-state index contributed by atoms with van der Waals surface area (Å²) in [6.45, 7) is 0.0276. The molecule has 1 aromatic heterocycles. The molecule has 1 aromatic rings. The van der Waals surface area contributed by atoms with Crippen molar-refractivity contribution in [1.82, 2.24) is 10.2 Å². The molecule has 0 bridgehead atoms. The van der Waals surface area contributed by atoms with E-state index in [4.69, 9.17) is 5.11 Å². The molecule has 6 heteroatoms. The van der Waals surface area contributed by atoms with Crippen molar-refractivity contribution in [3.05, 3.63) is 5.51 Å². The molecule has 13 heavy (non-hydrogen) atoms. The summed E-state index contributed by atoms with van der Waals surface area (Å²) in [5.74, 6) is -0.817. The Morgan fingerprint density at radius 2 is 2.54 bits per heavy atom. The Morgan fingerprint density at radius 3 is 3.00 bits per heavy atom. The van der Waals surface area contributed by atoms with Crippen LogP contribution in [0.2, 0.25) is 0 Å². The first-order valence-corrected chi connectivity index (χ1v) is 4.90. The molecule has 0 saturated heterocycles. The van der Waals surface area contributed by atoms with E-state index in [0.717, 1.165) is 12.8 Å². The van der Waals surface area contributed by atoms with Crippen LogP contribution in [0.25, 0.3) is 0 Å². The second-order valence-electron chi connectivity index (χ2n) is 2.97. The van der Waals surface area contributed by atoms with E-state index >= 15 is 0 Å². The zero-order valence-electron chi connectivity index (χ0n) is 6.88. The van der Waals surface area contributed by atoms with Gasteiger partial charge < -0.3 is 10.0 Å². The van der Waals surface area contributed by atoms with Gasteiger partial charge in [0.15, 0.2) is 0 Å². The fraction of sp³-hybridized carbons (Fsp3) is 0.571. The number of anilines is 1. The third-order valence-corrected chi connectivity index (χ3v) is 2.61. The molecular formula is C7H9N3O2S. The number of carboxylic acid groups (broad SMARTS) is 1. The number of carbonyl (C=O) groups is 1. The summed E-state index contributed by atoms with van der Waals surface area (Å²) in [7, 11) is 0. The van der Waals surface area contributed by atoms with Crippen LogP contribution in [0.1, 0.15) is 12.8 Å². The van der Waals surface area contributed by atoms with Crippen molar-refractivity contribution >= 4 is 22.4 Å².